The van der Waals surface area contributed by atoms with E-state index in [2.05, 4.69) is 39.9 Å². The molecular weight excluding hydrogens is 396 g/mol. The van der Waals surface area contributed by atoms with Gasteiger partial charge in [-0.05, 0) is 42.7 Å². The van der Waals surface area contributed by atoms with Crippen molar-refractivity contribution in [3.8, 4) is 5.75 Å². The first kappa shape index (κ1) is 21.8. The summed E-state index contributed by atoms with van der Waals surface area (Å²) in [6, 6.07) is 17.4. The average Bonchev–Trinajstić information content (AvgIpc) is 3.22. The maximum absolute atomic E-state index is 12.4. The smallest absolute Gasteiger partial charge is 0.257 e. The van der Waals surface area contributed by atoms with E-state index in [1.807, 2.05) is 30.3 Å². The summed E-state index contributed by atoms with van der Waals surface area (Å²) in [6.45, 7) is 3.65. The number of aromatic nitrogens is 2. The fraction of sp³-hybridized carbons (Fsp3) is 0.348. The highest BCUT2D eigenvalue weighted by Crippen LogP contribution is 2.21. The number of unbranched alkanes of at least 4 members (excludes halogenated alkanes) is 3. The number of rotatable bonds is 12. The molecule has 6 nitrogen and oxygen atoms in total. The van der Waals surface area contributed by atoms with Gasteiger partial charge < -0.3 is 10.1 Å². The number of amides is 1. The number of nitrogens with one attached hydrogen (secondary N) is 2. The third-order valence-electron chi connectivity index (χ3n) is 4.56. The van der Waals surface area contributed by atoms with E-state index in [0.717, 1.165) is 25.1 Å². The third kappa shape index (κ3) is 7.15. The van der Waals surface area contributed by atoms with Gasteiger partial charge in [0, 0.05) is 12.1 Å². The van der Waals surface area contributed by atoms with Crippen molar-refractivity contribution in [3.05, 3.63) is 65.7 Å². The highest BCUT2D eigenvalue weighted by Gasteiger charge is 2.10. The number of hydrogen-bond acceptors (Lipinski definition) is 6. The monoisotopic (exact) mass is 424 g/mol. The van der Waals surface area contributed by atoms with Crippen LogP contribution < -0.4 is 15.4 Å². The van der Waals surface area contributed by atoms with Crippen molar-refractivity contribution in [2.75, 3.05) is 23.8 Å². The van der Waals surface area contributed by atoms with Gasteiger partial charge in [0.05, 0.1) is 6.61 Å². The maximum Gasteiger partial charge on any atom is 0.257 e. The van der Waals surface area contributed by atoms with E-state index in [0.29, 0.717) is 22.4 Å². The summed E-state index contributed by atoms with van der Waals surface area (Å²) in [5.41, 5.74) is 1.82. The molecule has 2 N–H and O–H groups in total. The van der Waals surface area contributed by atoms with Gasteiger partial charge in [0.1, 0.15) is 5.75 Å². The SMILES string of the molecule is CCCCCCOc1ccc(C(=O)Nc2nnc(NCCc3ccccc3)s2)cc1. The minimum absolute atomic E-state index is 0.212. The normalized spacial score (nSPS) is 10.6. The molecule has 158 valence electrons. The van der Waals surface area contributed by atoms with E-state index in [9.17, 15) is 4.79 Å². The Morgan fingerprint density at radius 2 is 1.73 bits per heavy atom. The molecule has 0 aliphatic heterocycles. The fourth-order valence-electron chi connectivity index (χ4n) is 2.89. The molecule has 1 amide bonds. The maximum atomic E-state index is 12.4. The molecular formula is C23H28N4O2S. The van der Waals surface area contributed by atoms with Gasteiger partial charge in [-0.25, -0.2) is 0 Å². The molecule has 3 aromatic rings. The van der Waals surface area contributed by atoms with Gasteiger partial charge in [-0.2, -0.15) is 0 Å². The van der Waals surface area contributed by atoms with Crippen LogP contribution in [0.25, 0.3) is 0 Å². The third-order valence-corrected chi connectivity index (χ3v) is 5.36. The van der Waals surface area contributed by atoms with Crippen molar-refractivity contribution in [2.24, 2.45) is 0 Å². The molecule has 7 heteroatoms. The number of carbonyl (C=O) groups excluding carboxylic acids is 1. The van der Waals surface area contributed by atoms with E-state index in [-0.39, 0.29) is 5.91 Å². The molecule has 1 heterocycles. The molecule has 0 atom stereocenters. The van der Waals surface area contributed by atoms with Gasteiger partial charge in [-0.3, -0.25) is 10.1 Å². The second kappa shape index (κ2) is 11.9. The Morgan fingerprint density at radius 3 is 2.50 bits per heavy atom. The number of benzene rings is 2. The van der Waals surface area contributed by atoms with Crippen LogP contribution in [0.15, 0.2) is 54.6 Å². The van der Waals surface area contributed by atoms with Gasteiger partial charge in [0.2, 0.25) is 10.3 Å². The second-order valence-electron chi connectivity index (χ2n) is 6.96. The lowest BCUT2D eigenvalue weighted by molar-refractivity contribution is 0.102. The van der Waals surface area contributed by atoms with E-state index in [1.54, 1.807) is 12.1 Å². The van der Waals surface area contributed by atoms with Crippen LogP contribution in [0.3, 0.4) is 0 Å². The summed E-state index contributed by atoms with van der Waals surface area (Å²) in [5, 5.41) is 15.3. The zero-order valence-electron chi connectivity index (χ0n) is 17.3. The Morgan fingerprint density at radius 1 is 0.967 bits per heavy atom. The van der Waals surface area contributed by atoms with Crippen LogP contribution in [-0.2, 0) is 6.42 Å². The van der Waals surface area contributed by atoms with E-state index < -0.39 is 0 Å². The molecule has 0 aliphatic carbocycles. The molecule has 2 aromatic carbocycles. The number of hydrogen-bond donors (Lipinski definition) is 2. The predicted molar refractivity (Wildman–Crippen MR) is 123 cm³/mol. The predicted octanol–water partition coefficient (Wildman–Crippen LogP) is 5.40. The highest BCUT2D eigenvalue weighted by atomic mass is 32.1. The standard InChI is InChI=1S/C23H28N4O2S/c1-2-3-4-8-17-29-20-13-11-19(12-14-20)21(28)25-23-27-26-22(30-23)24-16-15-18-9-6-5-7-10-18/h5-7,9-14H,2-4,8,15-17H2,1H3,(H,24,26)(H,25,27,28). The van der Waals surface area contributed by atoms with Crippen molar-refractivity contribution >= 4 is 27.5 Å². The van der Waals surface area contributed by atoms with Crippen LogP contribution >= 0.6 is 11.3 Å². The van der Waals surface area contributed by atoms with Crippen molar-refractivity contribution < 1.29 is 9.53 Å². The minimum Gasteiger partial charge on any atom is -0.494 e. The van der Waals surface area contributed by atoms with Gasteiger partial charge in [-0.15, -0.1) is 10.2 Å². The van der Waals surface area contributed by atoms with Crippen molar-refractivity contribution in [3.63, 3.8) is 0 Å². The van der Waals surface area contributed by atoms with Gasteiger partial charge in [-0.1, -0.05) is 67.9 Å². The Kier molecular flexibility index (Phi) is 8.65. The van der Waals surface area contributed by atoms with E-state index in [1.165, 1.54) is 36.2 Å². The fourth-order valence-corrected chi connectivity index (χ4v) is 3.56. The largest absolute Gasteiger partial charge is 0.494 e. The molecule has 30 heavy (non-hydrogen) atoms. The van der Waals surface area contributed by atoms with Crippen LogP contribution in [0.4, 0.5) is 10.3 Å². The second-order valence-corrected chi connectivity index (χ2v) is 7.94. The molecule has 0 bridgehead atoms. The zero-order valence-corrected chi connectivity index (χ0v) is 18.1. The van der Waals surface area contributed by atoms with Crippen LogP contribution in [-0.4, -0.2) is 29.3 Å². The lowest BCUT2D eigenvalue weighted by Crippen LogP contribution is -2.11. The Labute approximate surface area is 181 Å². The number of anilines is 2. The van der Waals surface area contributed by atoms with Crippen LogP contribution in [0.1, 0.15) is 48.5 Å². The summed E-state index contributed by atoms with van der Waals surface area (Å²) >= 11 is 1.32. The minimum atomic E-state index is -0.212. The number of carbonyl (C=O) groups is 1. The summed E-state index contributed by atoms with van der Waals surface area (Å²) in [7, 11) is 0. The van der Waals surface area contributed by atoms with E-state index >= 15 is 0 Å². The van der Waals surface area contributed by atoms with Gasteiger partial charge in [0.25, 0.3) is 5.91 Å². The molecule has 1 aromatic heterocycles. The molecule has 0 saturated heterocycles. The van der Waals surface area contributed by atoms with Gasteiger partial charge in [0.15, 0.2) is 0 Å². The molecule has 0 radical (unpaired) electrons. The summed E-state index contributed by atoms with van der Waals surface area (Å²) < 4.78 is 5.72. The molecule has 0 saturated carbocycles. The van der Waals surface area contributed by atoms with Crippen molar-refractivity contribution in [2.45, 2.75) is 39.0 Å². The van der Waals surface area contributed by atoms with Crippen molar-refractivity contribution in [1.29, 1.82) is 0 Å². The molecule has 0 spiro atoms. The molecule has 0 unspecified atom stereocenters. The van der Waals surface area contributed by atoms with Crippen LogP contribution in [0.5, 0.6) is 5.75 Å². The Hall–Kier alpha value is -2.93. The van der Waals surface area contributed by atoms with Crippen molar-refractivity contribution in [1.82, 2.24) is 10.2 Å². The quantitative estimate of drug-likeness (QED) is 0.381. The first-order chi connectivity index (χ1) is 14.7. The Balaban J connectivity index is 1.42. The van der Waals surface area contributed by atoms with Gasteiger partial charge >= 0.3 is 0 Å². The average molecular weight is 425 g/mol. The van der Waals surface area contributed by atoms with E-state index in [4.69, 9.17) is 4.74 Å². The first-order valence-electron chi connectivity index (χ1n) is 10.4. The molecule has 0 fully saturated rings. The van der Waals surface area contributed by atoms with Crippen LogP contribution in [0, 0.1) is 0 Å². The lowest BCUT2D eigenvalue weighted by Gasteiger charge is -2.07. The highest BCUT2D eigenvalue weighted by molar-refractivity contribution is 7.19. The number of ether oxygens (including phenoxy) is 1. The Bertz CT molecular complexity index is 897. The first-order valence-corrected chi connectivity index (χ1v) is 11.2. The molecule has 0 aliphatic rings. The zero-order chi connectivity index (χ0) is 21.0. The summed E-state index contributed by atoms with van der Waals surface area (Å²) in [4.78, 5) is 12.4. The summed E-state index contributed by atoms with van der Waals surface area (Å²) in [5.74, 6) is 0.570. The topological polar surface area (TPSA) is 76.1 Å². The van der Waals surface area contributed by atoms with Crippen LogP contribution in [0.2, 0.25) is 0 Å². The molecule has 3 rings (SSSR count). The number of nitrogens with zero attached hydrogens (tertiary/aromatic N) is 2. The lowest BCUT2D eigenvalue weighted by atomic mass is 10.2. The summed E-state index contributed by atoms with van der Waals surface area (Å²) in [6.07, 6.45) is 5.58.